The summed E-state index contributed by atoms with van der Waals surface area (Å²) in [7, 11) is 3.29. The molecule has 1 unspecified atom stereocenters. The van der Waals surface area contributed by atoms with Gasteiger partial charge in [0, 0.05) is 48.7 Å². The highest BCUT2D eigenvalue weighted by molar-refractivity contribution is 5.74. The van der Waals surface area contributed by atoms with E-state index in [-0.39, 0.29) is 28.0 Å². The maximum absolute atomic E-state index is 11.6. The third-order valence-corrected chi connectivity index (χ3v) is 5.40. The summed E-state index contributed by atoms with van der Waals surface area (Å²) in [6.07, 6.45) is 1.65. The first-order chi connectivity index (χ1) is 15.3. The van der Waals surface area contributed by atoms with E-state index in [1.165, 1.54) is 13.2 Å². The van der Waals surface area contributed by atoms with Crippen LogP contribution in [0.15, 0.2) is 24.8 Å². The standard InChI is InChI=1S/C19H27N3O4.3C2H6/c1-6-19(11-21(12-19)14(3)23)10-17(20-4)16-8-7-15(13(2)26-5)9-18(16)22(24)25;3*1-2/h7-9,17,20H,2,6,10-12H2,1,3-5H3;3*1-2H3. The first-order valence-corrected chi connectivity index (χ1v) is 11.7. The minimum absolute atomic E-state index is 0.0119. The average Bonchev–Trinajstić information content (AvgIpc) is 2.81. The van der Waals surface area contributed by atoms with E-state index in [1.807, 2.05) is 46.4 Å². The molecule has 1 aromatic carbocycles. The highest BCUT2D eigenvalue weighted by atomic mass is 16.6. The number of amides is 1. The molecular weight excluding hydrogens is 406 g/mol. The average molecular weight is 452 g/mol. The van der Waals surface area contributed by atoms with E-state index in [0.717, 1.165) is 12.8 Å². The zero-order valence-corrected chi connectivity index (χ0v) is 21.9. The van der Waals surface area contributed by atoms with Gasteiger partial charge in [0.05, 0.1) is 12.0 Å². The van der Waals surface area contributed by atoms with Crippen molar-refractivity contribution < 1.29 is 14.5 Å². The van der Waals surface area contributed by atoms with Gasteiger partial charge in [-0.2, -0.15) is 0 Å². The van der Waals surface area contributed by atoms with Crippen LogP contribution in [0.4, 0.5) is 5.69 Å². The Morgan fingerprint density at radius 3 is 2.16 bits per heavy atom. The molecule has 0 aromatic heterocycles. The SMILES string of the molecule is C=C(OC)c1ccc(C(CC2(CC)CN(C(C)=O)C2)NC)c([N+](=O)[O-])c1.CC.CC.CC. The van der Waals surface area contributed by atoms with Gasteiger partial charge < -0.3 is 15.0 Å². The molecule has 7 heteroatoms. The smallest absolute Gasteiger partial charge is 0.274 e. The molecule has 2 rings (SSSR count). The summed E-state index contributed by atoms with van der Waals surface area (Å²) in [4.78, 5) is 24.6. The van der Waals surface area contributed by atoms with E-state index in [9.17, 15) is 14.9 Å². The van der Waals surface area contributed by atoms with Crippen molar-refractivity contribution in [3.8, 4) is 0 Å². The summed E-state index contributed by atoms with van der Waals surface area (Å²) >= 11 is 0. The third-order valence-electron chi connectivity index (χ3n) is 5.40. The van der Waals surface area contributed by atoms with Crippen molar-refractivity contribution in [1.29, 1.82) is 0 Å². The van der Waals surface area contributed by atoms with Crippen molar-refractivity contribution in [3.63, 3.8) is 0 Å². The van der Waals surface area contributed by atoms with Crippen molar-refractivity contribution in [1.82, 2.24) is 10.2 Å². The molecule has 32 heavy (non-hydrogen) atoms. The number of hydrogen-bond acceptors (Lipinski definition) is 5. The van der Waals surface area contributed by atoms with E-state index >= 15 is 0 Å². The van der Waals surface area contributed by atoms with Gasteiger partial charge in [-0.3, -0.25) is 14.9 Å². The number of benzene rings is 1. The van der Waals surface area contributed by atoms with Gasteiger partial charge in [-0.25, -0.2) is 0 Å². The molecule has 1 aliphatic heterocycles. The molecule has 0 radical (unpaired) electrons. The summed E-state index contributed by atoms with van der Waals surface area (Å²) in [6, 6.07) is 4.89. The first-order valence-electron chi connectivity index (χ1n) is 11.7. The van der Waals surface area contributed by atoms with Gasteiger partial charge in [-0.05, 0) is 26.0 Å². The predicted molar refractivity (Wildman–Crippen MR) is 135 cm³/mol. The van der Waals surface area contributed by atoms with Gasteiger partial charge in [0.15, 0.2) is 0 Å². The minimum atomic E-state index is -0.368. The Labute approximate surface area is 195 Å². The molecule has 1 amide bonds. The lowest BCUT2D eigenvalue weighted by Crippen LogP contribution is -2.58. The molecule has 1 aliphatic rings. The largest absolute Gasteiger partial charge is 0.497 e. The van der Waals surface area contributed by atoms with E-state index in [0.29, 0.717) is 30.0 Å². The van der Waals surface area contributed by atoms with Crippen LogP contribution in [-0.4, -0.2) is 43.0 Å². The van der Waals surface area contributed by atoms with Crippen LogP contribution in [-0.2, 0) is 9.53 Å². The van der Waals surface area contributed by atoms with E-state index in [1.54, 1.807) is 26.1 Å². The fourth-order valence-electron chi connectivity index (χ4n) is 3.57. The molecule has 1 saturated heterocycles. The molecular formula is C25H45N3O4. The van der Waals surface area contributed by atoms with Crippen LogP contribution in [0, 0.1) is 15.5 Å². The molecule has 0 spiro atoms. The summed E-state index contributed by atoms with van der Waals surface area (Å²) in [5.41, 5.74) is 1.27. The maximum atomic E-state index is 11.6. The van der Waals surface area contributed by atoms with Gasteiger partial charge in [0.2, 0.25) is 5.91 Å². The Kier molecular flexibility index (Phi) is 16.1. The second-order valence-corrected chi connectivity index (χ2v) is 6.93. The quantitative estimate of drug-likeness (QED) is 0.289. The van der Waals surface area contributed by atoms with Crippen molar-refractivity contribution in [2.24, 2.45) is 5.41 Å². The topological polar surface area (TPSA) is 84.7 Å². The first kappa shape index (κ1) is 31.8. The molecule has 1 N–H and O–H groups in total. The number of carbonyl (C=O) groups excluding carboxylic acids is 1. The number of likely N-dealkylation sites (tertiary alicyclic amines) is 1. The fourth-order valence-corrected chi connectivity index (χ4v) is 3.57. The van der Waals surface area contributed by atoms with Crippen LogP contribution in [0.1, 0.15) is 85.4 Å². The molecule has 1 atom stereocenters. The Bertz CT molecular complexity index is 713. The zero-order chi connectivity index (χ0) is 25.5. The van der Waals surface area contributed by atoms with Crippen molar-refractivity contribution in [2.45, 2.75) is 74.3 Å². The van der Waals surface area contributed by atoms with Gasteiger partial charge in [-0.1, -0.05) is 61.1 Å². The summed E-state index contributed by atoms with van der Waals surface area (Å²) < 4.78 is 5.09. The molecule has 1 fully saturated rings. The number of nitro benzene ring substituents is 1. The summed E-state index contributed by atoms with van der Waals surface area (Å²) in [6.45, 7) is 20.8. The normalized spacial score (nSPS) is 14.0. The molecule has 7 nitrogen and oxygen atoms in total. The second kappa shape index (κ2) is 16.3. The highest BCUT2D eigenvalue weighted by Gasteiger charge is 2.44. The van der Waals surface area contributed by atoms with Crippen molar-refractivity contribution in [3.05, 3.63) is 46.0 Å². The lowest BCUT2D eigenvalue weighted by Gasteiger charge is -2.51. The number of methoxy groups -OCH3 is 1. The van der Waals surface area contributed by atoms with E-state index in [2.05, 4.69) is 18.8 Å². The Morgan fingerprint density at radius 2 is 1.78 bits per heavy atom. The molecule has 184 valence electrons. The summed E-state index contributed by atoms with van der Waals surface area (Å²) in [5, 5.41) is 14.8. The fraction of sp³-hybridized carbons (Fsp3) is 0.640. The van der Waals surface area contributed by atoms with Crippen LogP contribution in [0.2, 0.25) is 0 Å². The van der Waals surface area contributed by atoms with Crippen LogP contribution in [0.3, 0.4) is 0 Å². The number of nitrogens with one attached hydrogen (secondary N) is 1. The zero-order valence-electron chi connectivity index (χ0n) is 21.9. The molecule has 0 saturated carbocycles. The number of hydrogen-bond donors (Lipinski definition) is 1. The molecule has 0 aliphatic carbocycles. The molecule has 0 bridgehead atoms. The van der Waals surface area contributed by atoms with Gasteiger partial charge >= 0.3 is 0 Å². The lowest BCUT2D eigenvalue weighted by atomic mass is 9.71. The second-order valence-electron chi connectivity index (χ2n) is 6.93. The lowest BCUT2D eigenvalue weighted by molar-refractivity contribution is -0.385. The third kappa shape index (κ3) is 8.26. The highest BCUT2D eigenvalue weighted by Crippen LogP contribution is 2.43. The Morgan fingerprint density at radius 1 is 1.25 bits per heavy atom. The van der Waals surface area contributed by atoms with Crippen LogP contribution >= 0.6 is 0 Å². The van der Waals surface area contributed by atoms with Crippen molar-refractivity contribution in [2.75, 3.05) is 27.2 Å². The van der Waals surface area contributed by atoms with Crippen LogP contribution < -0.4 is 5.32 Å². The Balaban J connectivity index is 0. The number of nitro groups is 1. The van der Waals surface area contributed by atoms with E-state index < -0.39 is 0 Å². The van der Waals surface area contributed by atoms with Crippen molar-refractivity contribution >= 4 is 17.4 Å². The van der Waals surface area contributed by atoms with Gasteiger partial charge in [0.25, 0.3) is 5.69 Å². The number of rotatable bonds is 8. The summed E-state index contributed by atoms with van der Waals surface area (Å²) in [5.74, 6) is 0.463. The van der Waals surface area contributed by atoms with Gasteiger partial charge in [0.1, 0.15) is 5.76 Å². The Hall–Kier alpha value is -2.41. The van der Waals surface area contributed by atoms with Crippen LogP contribution in [0.5, 0.6) is 0 Å². The van der Waals surface area contributed by atoms with E-state index in [4.69, 9.17) is 4.74 Å². The minimum Gasteiger partial charge on any atom is -0.497 e. The number of nitrogens with zero attached hydrogens (tertiary/aromatic N) is 2. The van der Waals surface area contributed by atoms with Crippen LogP contribution in [0.25, 0.3) is 5.76 Å². The molecule has 1 heterocycles. The molecule has 1 aromatic rings. The number of carbonyl (C=O) groups is 1. The maximum Gasteiger partial charge on any atom is 0.274 e. The van der Waals surface area contributed by atoms with Gasteiger partial charge in [-0.15, -0.1) is 0 Å². The monoisotopic (exact) mass is 451 g/mol. The predicted octanol–water partition coefficient (Wildman–Crippen LogP) is 6.20. The number of ether oxygens (including phenoxy) is 1.